The van der Waals surface area contributed by atoms with Gasteiger partial charge in [0.15, 0.2) is 0 Å². The van der Waals surface area contributed by atoms with Crippen LogP contribution in [0.1, 0.15) is 4.88 Å². The molecule has 0 aliphatic heterocycles. The summed E-state index contributed by atoms with van der Waals surface area (Å²) in [5.41, 5.74) is 0. The van der Waals surface area contributed by atoms with E-state index in [0.29, 0.717) is 4.99 Å². The molecule has 0 atom stereocenters. The fraction of sp³-hybridized carbons (Fsp3) is 0.250. The van der Waals surface area contributed by atoms with Crippen LogP contribution in [0.25, 0.3) is 0 Å². The first-order valence-corrected chi connectivity index (χ1v) is 4.77. The van der Waals surface area contributed by atoms with Crippen LogP contribution in [0.15, 0.2) is 22.5 Å². The summed E-state index contributed by atoms with van der Waals surface area (Å²) in [6.45, 7) is 0. The van der Waals surface area contributed by atoms with Crippen LogP contribution < -0.4 is 0 Å². The molecule has 1 aromatic heterocycles. The van der Waals surface area contributed by atoms with E-state index in [1.54, 1.807) is 17.7 Å². The Morgan fingerprint density at radius 2 is 2.42 bits per heavy atom. The topological polar surface area (TPSA) is 15.6 Å². The van der Waals surface area contributed by atoms with E-state index in [1.807, 2.05) is 36.5 Å². The minimum Gasteiger partial charge on any atom is -0.369 e. The van der Waals surface area contributed by atoms with Gasteiger partial charge in [-0.05, 0) is 11.4 Å². The maximum atomic E-state index is 5.08. The van der Waals surface area contributed by atoms with Crippen molar-refractivity contribution < 1.29 is 0 Å². The highest BCUT2D eigenvalue weighted by atomic mass is 32.1. The van der Waals surface area contributed by atoms with Gasteiger partial charge in [0, 0.05) is 14.1 Å². The molecule has 2 nitrogen and oxygen atoms in total. The molecule has 0 aliphatic carbocycles. The van der Waals surface area contributed by atoms with Crippen molar-refractivity contribution >= 4 is 34.9 Å². The molecule has 0 unspecified atom stereocenters. The largest absolute Gasteiger partial charge is 0.369 e. The molecule has 0 amide bonds. The van der Waals surface area contributed by atoms with Gasteiger partial charge >= 0.3 is 0 Å². The number of nitrogens with zero attached hydrogens (tertiary/aromatic N) is 2. The zero-order valence-electron chi connectivity index (χ0n) is 7.02. The van der Waals surface area contributed by atoms with Crippen molar-refractivity contribution in [2.45, 2.75) is 0 Å². The minimum atomic E-state index is 0.652. The Bertz CT molecular complexity index is 275. The zero-order chi connectivity index (χ0) is 8.97. The van der Waals surface area contributed by atoms with Gasteiger partial charge in [0.05, 0.1) is 11.2 Å². The summed E-state index contributed by atoms with van der Waals surface area (Å²) >= 11 is 6.69. The third kappa shape index (κ3) is 2.71. The van der Waals surface area contributed by atoms with Gasteiger partial charge in [0.2, 0.25) is 0 Å². The summed E-state index contributed by atoms with van der Waals surface area (Å²) in [6.07, 6.45) is 1.71. The van der Waals surface area contributed by atoms with E-state index in [1.165, 1.54) is 0 Å². The first-order chi connectivity index (χ1) is 5.70. The molecule has 0 saturated heterocycles. The van der Waals surface area contributed by atoms with Gasteiger partial charge in [-0.2, -0.15) is 0 Å². The Hall–Kier alpha value is -0.740. The van der Waals surface area contributed by atoms with Crippen LogP contribution in [-0.2, 0) is 0 Å². The fourth-order valence-electron chi connectivity index (χ4n) is 0.632. The first-order valence-electron chi connectivity index (χ1n) is 3.48. The second kappa shape index (κ2) is 4.33. The van der Waals surface area contributed by atoms with Gasteiger partial charge in [-0.15, -0.1) is 11.3 Å². The number of hydrogen-bond donors (Lipinski definition) is 0. The fourth-order valence-corrected chi connectivity index (χ4v) is 1.51. The number of hydrogen-bond acceptors (Lipinski definition) is 2. The molecule has 1 heterocycles. The Balaban J connectivity index is 2.62. The first kappa shape index (κ1) is 9.35. The minimum absolute atomic E-state index is 0.652. The molecule has 1 aromatic rings. The Morgan fingerprint density at radius 3 is 2.92 bits per heavy atom. The van der Waals surface area contributed by atoms with Gasteiger partial charge in [0.25, 0.3) is 0 Å². The molecule has 0 aromatic carbocycles. The van der Waals surface area contributed by atoms with E-state index in [4.69, 9.17) is 12.2 Å². The van der Waals surface area contributed by atoms with Crippen molar-refractivity contribution in [2.75, 3.05) is 14.1 Å². The quantitative estimate of drug-likeness (QED) is 0.410. The van der Waals surface area contributed by atoms with Crippen LogP contribution >= 0.6 is 23.6 Å². The third-order valence-electron chi connectivity index (χ3n) is 1.14. The smallest absolute Gasteiger partial charge is 0.145 e. The Morgan fingerprint density at radius 1 is 1.67 bits per heavy atom. The second-order valence-corrected chi connectivity index (χ2v) is 3.83. The molecule has 4 heteroatoms. The van der Waals surface area contributed by atoms with E-state index >= 15 is 0 Å². The van der Waals surface area contributed by atoms with E-state index in [2.05, 4.69) is 4.99 Å². The average Bonchev–Trinajstić information content (AvgIpc) is 2.51. The van der Waals surface area contributed by atoms with Crippen LogP contribution in [0.3, 0.4) is 0 Å². The standard InChI is InChI=1S/C8H10N2S2/c1-10(2)6-9-8(11)7-4-3-5-12-7/h3-6H,1-2H3. The molecule has 0 spiro atoms. The third-order valence-corrected chi connectivity index (χ3v) is 2.47. The average molecular weight is 198 g/mol. The molecular weight excluding hydrogens is 188 g/mol. The van der Waals surface area contributed by atoms with Crippen LogP contribution in [0, 0.1) is 0 Å². The predicted octanol–water partition coefficient (Wildman–Crippen LogP) is 2.01. The van der Waals surface area contributed by atoms with Crippen molar-refractivity contribution in [3.63, 3.8) is 0 Å². The highest BCUT2D eigenvalue weighted by Gasteiger charge is 1.97. The predicted molar refractivity (Wildman–Crippen MR) is 58.2 cm³/mol. The molecule has 0 fully saturated rings. The van der Waals surface area contributed by atoms with E-state index < -0.39 is 0 Å². The summed E-state index contributed by atoms with van der Waals surface area (Å²) in [7, 11) is 3.83. The summed E-state index contributed by atoms with van der Waals surface area (Å²) in [5.74, 6) is 0. The molecule has 1 rings (SSSR count). The highest BCUT2D eigenvalue weighted by molar-refractivity contribution is 7.81. The van der Waals surface area contributed by atoms with Crippen LogP contribution in [0.5, 0.6) is 0 Å². The van der Waals surface area contributed by atoms with Crippen LogP contribution in [0.2, 0.25) is 0 Å². The monoisotopic (exact) mass is 198 g/mol. The van der Waals surface area contributed by atoms with Crippen molar-refractivity contribution in [1.29, 1.82) is 0 Å². The Kier molecular flexibility index (Phi) is 3.37. The van der Waals surface area contributed by atoms with Crippen molar-refractivity contribution in [3.05, 3.63) is 22.4 Å². The Labute approximate surface area is 81.5 Å². The summed E-state index contributed by atoms with van der Waals surface area (Å²) in [5, 5.41) is 1.99. The maximum Gasteiger partial charge on any atom is 0.145 e. The van der Waals surface area contributed by atoms with E-state index in [9.17, 15) is 0 Å². The van der Waals surface area contributed by atoms with Crippen molar-refractivity contribution in [3.8, 4) is 0 Å². The van der Waals surface area contributed by atoms with Gasteiger partial charge in [-0.3, -0.25) is 0 Å². The number of thiophene rings is 1. The lowest BCUT2D eigenvalue weighted by atomic mass is 10.5. The van der Waals surface area contributed by atoms with Gasteiger partial charge in [-0.25, -0.2) is 4.99 Å². The van der Waals surface area contributed by atoms with Gasteiger partial charge in [0.1, 0.15) is 4.99 Å². The molecule has 0 bridgehead atoms. The number of rotatable bonds is 2. The lowest BCUT2D eigenvalue weighted by Crippen LogP contribution is -2.09. The second-order valence-electron chi connectivity index (χ2n) is 2.49. The van der Waals surface area contributed by atoms with Crippen molar-refractivity contribution in [1.82, 2.24) is 4.90 Å². The van der Waals surface area contributed by atoms with Gasteiger partial charge < -0.3 is 4.90 Å². The molecule has 0 radical (unpaired) electrons. The molecule has 0 saturated carbocycles. The van der Waals surface area contributed by atoms with Gasteiger partial charge in [-0.1, -0.05) is 18.3 Å². The lowest BCUT2D eigenvalue weighted by molar-refractivity contribution is 0.644. The summed E-state index contributed by atoms with van der Waals surface area (Å²) in [6, 6.07) is 3.94. The number of thiocarbonyl (C=S) groups is 1. The summed E-state index contributed by atoms with van der Waals surface area (Å²) < 4.78 is 0. The maximum absolute atomic E-state index is 5.08. The lowest BCUT2D eigenvalue weighted by Gasteiger charge is -2.01. The van der Waals surface area contributed by atoms with E-state index in [-0.39, 0.29) is 0 Å². The zero-order valence-corrected chi connectivity index (χ0v) is 8.65. The normalized spacial score (nSPS) is 10.5. The SMILES string of the molecule is CN(C)C=NC(=S)c1cccs1. The summed E-state index contributed by atoms with van der Waals surface area (Å²) in [4.78, 5) is 7.67. The van der Waals surface area contributed by atoms with Crippen LogP contribution in [-0.4, -0.2) is 30.3 Å². The van der Waals surface area contributed by atoms with E-state index in [0.717, 1.165) is 4.88 Å². The molecule has 0 aliphatic rings. The van der Waals surface area contributed by atoms with Crippen molar-refractivity contribution in [2.24, 2.45) is 4.99 Å². The molecule has 12 heavy (non-hydrogen) atoms. The number of aliphatic imine (C=N–C) groups is 1. The molecule has 0 N–H and O–H groups in total. The molecule has 64 valence electrons. The molecular formula is C8H10N2S2. The highest BCUT2D eigenvalue weighted by Crippen LogP contribution is 2.10. The van der Waals surface area contributed by atoms with Crippen LogP contribution in [0.4, 0.5) is 0 Å².